The van der Waals surface area contributed by atoms with Crippen LogP contribution >= 0.6 is 11.8 Å². The van der Waals surface area contributed by atoms with Crippen molar-refractivity contribution in [3.05, 3.63) is 53.6 Å². The predicted octanol–water partition coefficient (Wildman–Crippen LogP) is 6.19. The molecule has 2 nitrogen and oxygen atoms in total. The van der Waals surface area contributed by atoms with E-state index in [2.05, 4.69) is 71.1 Å². The van der Waals surface area contributed by atoms with E-state index in [1.165, 1.54) is 4.90 Å². The van der Waals surface area contributed by atoms with Gasteiger partial charge in [-0.2, -0.15) is 0 Å². The number of nitrogens with one attached hydrogen (secondary N) is 1. The van der Waals surface area contributed by atoms with Gasteiger partial charge in [-0.3, -0.25) is 0 Å². The van der Waals surface area contributed by atoms with Crippen LogP contribution in [0.1, 0.15) is 52.7 Å². The van der Waals surface area contributed by atoms with Gasteiger partial charge in [-0.1, -0.05) is 59.7 Å². The second-order valence-corrected chi connectivity index (χ2v) is 9.68. The molecule has 25 heavy (non-hydrogen) atoms. The van der Waals surface area contributed by atoms with Crippen molar-refractivity contribution in [1.82, 2.24) is 0 Å². The zero-order chi connectivity index (χ0) is 18.7. The van der Waals surface area contributed by atoms with E-state index in [1.807, 2.05) is 30.0 Å². The van der Waals surface area contributed by atoms with Gasteiger partial charge in [0.05, 0.1) is 0 Å². The molecule has 3 heteroatoms. The summed E-state index contributed by atoms with van der Waals surface area (Å²) < 4.78 is 0. The summed E-state index contributed by atoms with van der Waals surface area (Å²) in [5.74, 6) is 1.43. The molecule has 0 aliphatic rings. The molecule has 0 unspecified atom stereocenters. The highest BCUT2D eigenvalue weighted by molar-refractivity contribution is 7.99. The molecular formula is C22H31NOS. The average Bonchev–Trinajstić information content (AvgIpc) is 2.51. The van der Waals surface area contributed by atoms with Gasteiger partial charge < -0.3 is 10.4 Å². The molecule has 2 aromatic carbocycles. The Balaban J connectivity index is 2.14. The summed E-state index contributed by atoms with van der Waals surface area (Å²) in [6.45, 7) is 13.8. The van der Waals surface area contributed by atoms with Crippen molar-refractivity contribution in [2.45, 2.75) is 57.3 Å². The molecule has 0 aliphatic heterocycles. The number of hydrogen-bond acceptors (Lipinski definition) is 3. The molecule has 0 saturated heterocycles. The summed E-state index contributed by atoms with van der Waals surface area (Å²) in [6, 6.07) is 14.6. The molecular weight excluding hydrogens is 326 g/mol. The van der Waals surface area contributed by atoms with Crippen molar-refractivity contribution >= 4 is 17.4 Å². The van der Waals surface area contributed by atoms with Crippen molar-refractivity contribution in [2.75, 3.05) is 17.6 Å². The molecule has 0 spiro atoms. The summed E-state index contributed by atoms with van der Waals surface area (Å²) in [4.78, 5) is 1.22. The molecule has 0 bridgehead atoms. The fourth-order valence-electron chi connectivity index (χ4n) is 2.75. The molecule has 0 aromatic heterocycles. The van der Waals surface area contributed by atoms with Crippen LogP contribution in [0.3, 0.4) is 0 Å². The number of thioether (sulfide) groups is 1. The van der Waals surface area contributed by atoms with Crippen LogP contribution in [0.15, 0.2) is 47.4 Å². The van der Waals surface area contributed by atoms with E-state index in [9.17, 15) is 5.11 Å². The van der Waals surface area contributed by atoms with Gasteiger partial charge in [0.1, 0.15) is 5.75 Å². The van der Waals surface area contributed by atoms with E-state index in [0.29, 0.717) is 5.75 Å². The Bertz CT molecular complexity index is 661. The third-order valence-corrected chi connectivity index (χ3v) is 5.15. The second kappa shape index (κ2) is 7.74. The van der Waals surface area contributed by atoms with Gasteiger partial charge >= 0.3 is 0 Å². The van der Waals surface area contributed by atoms with Gasteiger partial charge in [0.25, 0.3) is 0 Å². The first-order chi connectivity index (χ1) is 11.6. The molecule has 2 N–H and O–H groups in total. The number of para-hydroxylation sites is 1. The third kappa shape index (κ3) is 5.43. The molecule has 0 aliphatic carbocycles. The van der Waals surface area contributed by atoms with Crippen LogP contribution < -0.4 is 5.32 Å². The van der Waals surface area contributed by atoms with E-state index < -0.39 is 0 Å². The summed E-state index contributed by atoms with van der Waals surface area (Å²) in [6.07, 6.45) is 0. The Labute approximate surface area is 157 Å². The highest BCUT2D eigenvalue weighted by Gasteiger charge is 2.26. The van der Waals surface area contributed by atoms with E-state index in [1.54, 1.807) is 0 Å². The van der Waals surface area contributed by atoms with Crippen molar-refractivity contribution in [2.24, 2.45) is 0 Å². The molecule has 0 saturated carbocycles. The molecule has 0 amide bonds. The zero-order valence-corrected chi connectivity index (χ0v) is 17.1. The molecule has 0 heterocycles. The Morgan fingerprint density at radius 2 is 1.40 bits per heavy atom. The van der Waals surface area contributed by atoms with Crippen LogP contribution in [-0.2, 0) is 10.8 Å². The second-order valence-electron chi connectivity index (χ2n) is 8.51. The van der Waals surface area contributed by atoms with Crippen molar-refractivity contribution in [1.29, 1.82) is 0 Å². The largest absolute Gasteiger partial charge is 0.507 e. The van der Waals surface area contributed by atoms with Gasteiger partial charge in [-0.25, -0.2) is 0 Å². The Hall–Kier alpha value is -1.61. The van der Waals surface area contributed by atoms with E-state index in [0.717, 1.165) is 29.1 Å². The molecule has 0 atom stereocenters. The number of rotatable bonds is 5. The lowest BCUT2D eigenvalue weighted by Gasteiger charge is -2.28. The smallest absolute Gasteiger partial charge is 0.123 e. The fourth-order valence-corrected chi connectivity index (χ4v) is 3.60. The summed E-state index contributed by atoms with van der Waals surface area (Å²) >= 11 is 1.84. The normalized spacial score (nSPS) is 12.2. The van der Waals surface area contributed by atoms with E-state index >= 15 is 0 Å². The highest BCUT2D eigenvalue weighted by Crippen LogP contribution is 2.41. The van der Waals surface area contributed by atoms with Crippen molar-refractivity contribution in [3.63, 3.8) is 0 Å². The third-order valence-electron chi connectivity index (χ3n) is 4.17. The maximum Gasteiger partial charge on any atom is 0.123 e. The van der Waals surface area contributed by atoms with E-state index in [-0.39, 0.29) is 10.8 Å². The molecule has 0 fully saturated rings. The van der Waals surface area contributed by atoms with Gasteiger partial charge in [-0.15, -0.1) is 11.8 Å². The fraction of sp³-hybridized carbons (Fsp3) is 0.455. The summed E-state index contributed by atoms with van der Waals surface area (Å²) in [5.41, 5.74) is 3.04. The van der Waals surface area contributed by atoms with Crippen molar-refractivity contribution < 1.29 is 5.11 Å². The number of anilines is 1. The quantitative estimate of drug-likeness (QED) is 0.494. The Morgan fingerprint density at radius 3 is 1.88 bits per heavy atom. The summed E-state index contributed by atoms with van der Waals surface area (Å²) in [5, 5.41) is 14.2. The summed E-state index contributed by atoms with van der Waals surface area (Å²) in [7, 11) is 0. The van der Waals surface area contributed by atoms with Gasteiger partial charge in [0.2, 0.25) is 0 Å². The maximum absolute atomic E-state index is 10.8. The Morgan fingerprint density at radius 1 is 0.880 bits per heavy atom. The number of phenolic OH excluding ortho intramolecular Hbond substituents is 1. The van der Waals surface area contributed by atoms with Crippen LogP contribution in [0.2, 0.25) is 0 Å². The predicted molar refractivity (Wildman–Crippen MR) is 111 cm³/mol. The van der Waals surface area contributed by atoms with Gasteiger partial charge in [0, 0.05) is 34.0 Å². The minimum Gasteiger partial charge on any atom is -0.507 e. The van der Waals surface area contributed by atoms with Crippen molar-refractivity contribution in [3.8, 4) is 5.75 Å². The molecule has 2 rings (SSSR count). The topological polar surface area (TPSA) is 32.3 Å². The first-order valence-electron chi connectivity index (χ1n) is 8.89. The monoisotopic (exact) mass is 357 g/mol. The lowest BCUT2D eigenvalue weighted by molar-refractivity contribution is 0.422. The van der Waals surface area contributed by atoms with Crippen LogP contribution in [-0.4, -0.2) is 17.4 Å². The number of benzene rings is 2. The zero-order valence-electron chi connectivity index (χ0n) is 16.3. The van der Waals surface area contributed by atoms with Crippen LogP contribution in [0, 0.1) is 0 Å². The Kier molecular flexibility index (Phi) is 6.10. The molecule has 136 valence electrons. The lowest BCUT2D eigenvalue weighted by atomic mass is 9.79. The lowest BCUT2D eigenvalue weighted by Crippen LogP contribution is -2.17. The molecule has 0 radical (unpaired) electrons. The average molecular weight is 358 g/mol. The number of aromatic hydroxyl groups is 1. The first-order valence-corrected chi connectivity index (χ1v) is 9.87. The van der Waals surface area contributed by atoms with Crippen LogP contribution in [0.4, 0.5) is 5.69 Å². The minimum absolute atomic E-state index is 0.0804. The van der Waals surface area contributed by atoms with Gasteiger partial charge in [0.15, 0.2) is 0 Å². The van der Waals surface area contributed by atoms with Gasteiger partial charge in [-0.05, 0) is 35.1 Å². The van der Waals surface area contributed by atoms with Crippen LogP contribution in [0.5, 0.6) is 5.75 Å². The number of hydrogen-bond donors (Lipinski definition) is 2. The van der Waals surface area contributed by atoms with Crippen LogP contribution in [0.25, 0.3) is 0 Å². The van der Waals surface area contributed by atoms with E-state index in [4.69, 9.17) is 0 Å². The highest BCUT2D eigenvalue weighted by atomic mass is 32.2. The minimum atomic E-state index is -0.0804. The number of phenols is 1. The maximum atomic E-state index is 10.8. The SMILES string of the molecule is CC(C)(C)c1cc(SCCNc2ccccc2)cc(C(C)(C)C)c1O. The standard InChI is InChI=1S/C22H31NOS/c1-21(2,3)18-14-17(15-19(20(18)24)22(4,5)6)25-13-12-23-16-10-8-7-9-11-16/h7-11,14-15,23-24H,12-13H2,1-6H3. The first kappa shape index (κ1) is 19.7. The molecule has 2 aromatic rings.